The second kappa shape index (κ2) is 5.48. The Morgan fingerprint density at radius 2 is 2.00 bits per heavy atom. The van der Waals surface area contributed by atoms with Gasteiger partial charge in [-0.1, -0.05) is 24.3 Å². The van der Waals surface area contributed by atoms with Crippen molar-refractivity contribution >= 4 is 11.7 Å². The molecule has 0 aromatic heterocycles. The standard InChI is InChI=1S/C17H17NO3/c1-20-16-6-4-3-5-13(16)15-9-11-7-8-12(17(19)21-2)10-14(11)18-15/h3-8,10,15,18H,9H2,1-2H3. The quantitative estimate of drug-likeness (QED) is 0.879. The molecule has 4 heteroatoms. The molecular formula is C17H17NO3. The van der Waals surface area contributed by atoms with Crippen molar-refractivity contribution < 1.29 is 14.3 Å². The molecule has 2 aromatic carbocycles. The first-order valence-electron chi connectivity index (χ1n) is 6.83. The molecule has 1 atom stereocenters. The molecule has 1 unspecified atom stereocenters. The Hall–Kier alpha value is -2.49. The predicted molar refractivity (Wildman–Crippen MR) is 80.8 cm³/mol. The minimum absolute atomic E-state index is 0.157. The summed E-state index contributed by atoms with van der Waals surface area (Å²) in [6, 6.07) is 13.8. The van der Waals surface area contributed by atoms with E-state index in [9.17, 15) is 4.79 Å². The van der Waals surface area contributed by atoms with Gasteiger partial charge in [-0.05, 0) is 30.2 Å². The average Bonchev–Trinajstić information content (AvgIpc) is 2.96. The number of hydrogen-bond acceptors (Lipinski definition) is 4. The molecule has 0 fully saturated rings. The first-order chi connectivity index (χ1) is 10.2. The third kappa shape index (κ3) is 2.44. The Labute approximate surface area is 123 Å². The average molecular weight is 283 g/mol. The molecule has 1 aliphatic heterocycles. The topological polar surface area (TPSA) is 47.6 Å². The summed E-state index contributed by atoms with van der Waals surface area (Å²) < 4.78 is 10.2. The SMILES string of the molecule is COC(=O)c1ccc2c(c1)NC(c1ccccc1OC)C2. The lowest BCUT2D eigenvalue weighted by Crippen LogP contribution is -2.07. The fourth-order valence-corrected chi connectivity index (χ4v) is 2.73. The Balaban J connectivity index is 1.89. The molecule has 0 spiro atoms. The molecule has 0 saturated carbocycles. The van der Waals surface area contributed by atoms with Crippen molar-refractivity contribution in [1.29, 1.82) is 0 Å². The summed E-state index contributed by atoms with van der Waals surface area (Å²) in [6.45, 7) is 0. The molecular weight excluding hydrogens is 266 g/mol. The van der Waals surface area contributed by atoms with E-state index in [1.54, 1.807) is 13.2 Å². The molecule has 1 N–H and O–H groups in total. The minimum atomic E-state index is -0.319. The normalized spacial score (nSPS) is 16.0. The van der Waals surface area contributed by atoms with Crippen LogP contribution >= 0.6 is 0 Å². The smallest absolute Gasteiger partial charge is 0.337 e. The Kier molecular flexibility index (Phi) is 3.52. The van der Waals surface area contributed by atoms with Gasteiger partial charge in [-0.2, -0.15) is 0 Å². The van der Waals surface area contributed by atoms with Gasteiger partial charge in [0.25, 0.3) is 0 Å². The highest BCUT2D eigenvalue weighted by Gasteiger charge is 2.25. The lowest BCUT2D eigenvalue weighted by molar-refractivity contribution is 0.0601. The third-order valence-corrected chi connectivity index (χ3v) is 3.80. The molecule has 2 aromatic rings. The first-order valence-corrected chi connectivity index (χ1v) is 6.83. The van der Waals surface area contributed by atoms with Gasteiger partial charge in [0.05, 0.1) is 25.8 Å². The maximum Gasteiger partial charge on any atom is 0.337 e. The second-order valence-electron chi connectivity index (χ2n) is 5.01. The molecule has 1 heterocycles. The van der Waals surface area contributed by atoms with Gasteiger partial charge in [-0.3, -0.25) is 0 Å². The number of carbonyl (C=O) groups is 1. The van der Waals surface area contributed by atoms with E-state index in [-0.39, 0.29) is 12.0 Å². The van der Waals surface area contributed by atoms with Crippen molar-refractivity contribution in [2.75, 3.05) is 19.5 Å². The number of rotatable bonds is 3. The van der Waals surface area contributed by atoms with Crippen molar-refractivity contribution in [2.24, 2.45) is 0 Å². The minimum Gasteiger partial charge on any atom is -0.496 e. The van der Waals surface area contributed by atoms with Crippen molar-refractivity contribution in [3.05, 3.63) is 59.2 Å². The number of ether oxygens (including phenoxy) is 2. The van der Waals surface area contributed by atoms with Crippen LogP contribution in [0.3, 0.4) is 0 Å². The number of hydrogen-bond donors (Lipinski definition) is 1. The van der Waals surface area contributed by atoms with Gasteiger partial charge in [-0.25, -0.2) is 4.79 Å². The first kappa shape index (κ1) is 13.5. The summed E-state index contributed by atoms with van der Waals surface area (Å²) in [5.41, 5.74) is 3.85. The van der Waals surface area contributed by atoms with Crippen molar-refractivity contribution in [3.63, 3.8) is 0 Å². The summed E-state index contributed by atoms with van der Waals surface area (Å²) in [7, 11) is 3.07. The fraction of sp³-hybridized carbons (Fsp3) is 0.235. The highest BCUT2D eigenvalue weighted by molar-refractivity contribution is 5.91. The Morgan fingerprint density at radius 3 is 2.76 bits per heavy atom. The van der Waals surface area contributed by atoms with Gasteiger partial charge in [0.1, 0.15) is 5.75 Å². The van der Waals surface area contributed by atoms with Crippen molar-refractivity contribution in [2.45, 2.75) is 12.5 Å². The van der Waals surface area contributed by atoms with Gasteiger partial charge < -0.3 is 14.8 Å². The van der Waals surface area contributed by atoms with Crippen LogP contribution in [-0.2, 0) is 11.2 Å². The van der Waals surface area contributed by atoms with Crippen LogP contribution < -0.4 is 10.1 Å². The molecule has 4 nitrogen and oxygen atoms in total. The van der Waals surface area contributed by atoms with Gasteiger partial charge in [0.2, 0.25) is 0 Å². The van der Waals surface area contributed by atoms with Crippen LogP contribution in [0.25, 0.3) is 0 Å². The van der Waals surface area contributed by atoms with Crippen LogP contribution in [0, 0.1) is 0 Å². The lowest BCUT2D eigenvalue weighted by atomic mass is 10.0. The van der Waals surface area contributed by atoms with E-state index in [4.69, 9.17) is 9.47 Å². The van der Waals surface area contributed by atoms with E-state index in [0.717, 1.165) is 23.4 Å². The maximum absolute atomic E-state index is 11.6. The highest BCUT2D eigenvalue weighted by Crippen LogP contribution is 2.38. The van der Waals surface area contributed by atoms with E-state index in [0.29, 0.717) is 5.56 Å². The summed E-state index contributed by atoms with van der Waals surface area (Å²) in [6.07, 6.45) is 0.872. The third-order valence-electron chi connectivity index (χ3n) is 3.80. The van der Waals surface area contributed by atoms with E-state index in [2.05, 4.69) is 11.4 Å². The number of methoxy groups -OCH3 is 2. The largest absolute Gasteiger partial charge is 0.496 e. The maximum atomic E-state index is 11.6. The highest BCUT2D eigenvalue weighted by atomic mass is 16.5. The van der Waals surface area contributed by atoms with Crippen molar-refractivity contribution in [1.82, 2.24) is 0 Å². The number of carbonyl (C=O) groups excluding carboxylic acids is 1. The molecule has 0 aliphatic carbocycles. The zero-order valence-electron chi connectivity index (χ0n) is 12.1. The monoisotopic (exact) mass is 283 g/mol. The number of fused-ring (bicyclic) bond motifs is 1. The molecule has 0 saturated heterocycles. The number of para-hydroxylation sites is 1. The molecule has 3 rings (SSSR count). The number of anilines is 1. The molecule has 1 aliphatic rings. The van der Waals surface area contributed by atoms with Crippen LogP contribution in [0.4, 0.5) is 5.69 Å². The van der Waals surface area contributed by atoms with E-state index in [1.165, 1.54) is 12.7 Å². The van der Waals surface area contributed by atoms with Crippen LogP contribution in [0.5, 0.6) is 5.75 Å². The fourth-order valence-electron chi connectivity index (χ4n) is 2.73. The van der Waals surface area contributed by atoms with Crippen molar-refractivity contribution in [3.8, 4) is 5.75 Å². The van der Waals surface area contributed by atoms with Crippen LogP contribution in [-0.4, -0.2) is 20.2 Å². The van der Waals surface area contributed by atoms with Gasteiger partial charge >= 0.3 is 5.97 Å². The predicted octanol–water partition coefficient (Wildman–Crippen LogP) is 3.19. The van der Waals surface area contributed by atoms with Crippen LogP contribution in [0.2, 0.25) is 0 Å². The summed E-state index contributed by atoms with van der Waals surface area (Å²) in [5, 5.41) is 3.46. The van der Waals surface area contributed by atoms with E-state index in [1.807, 2.05) is 30.3 Å². The zero-order valence-corrected chi connectivity index (χ0v) is 12.1. The molecule has 0 bridgehead atoms. The zero-order chi connectivity index (χ0) is 14.8. The van der Waals surface area contributed by atoms with Crippen LogP contribution in [0.1, 0.15) is 27.5 Å². The molecule has 108 valence electrons. The number of esters is 1. The lowest BCUT2D eigenvalue weighted by Gasteiger charge is -2.15. The second-order valence-corrected chi connectivity index (χ2v) is 5.01. The van der Waals surface area contributed by atoms with Gasteiger partial charge in [0, 0.05) is 11.3 Å². The molecule has 0 amide bonds. The van der Waals surface area contributed by atoms with Gasteiger partial charge in [0.15, 0.2) is 0 Å². The summed E-state index contributed by atoms with van der Waals surface area (Å²) in [4.78, 5) is 11.6. The number of benzene rings is 2. The Morgan fingerprint density at radius 1 is 1.19 bits per heavy atom. The van der Waals surface area contributed by atoms with Gasteiger partial charge in [-0.15, -0.1) is 0 Å². The Bertz CT molecular complexity index is 681. The summed E-state index contributed by atoms with van der Waals surface area (Å²) in [5.74, 6) is 0.552. The van der Waals surface area contributed by atoms with Crippen LogP contribution in [0.15, 0.2) is 42.5 Å². The number of nitrogens with one attached hydrogen (secondary N) is 1. The summed E-state index contributed by atoms with van der Waals surface area (Å²) >= 11 is 0. The van der Waals surface area contributed by atoms with E-state index >= 15 is 0 Å². The molecule has 21 heavy (non-hydrogen) atoms. The molecule has 0 radical (unpaired) electrons. The van der Waals surface area contributed by atoms with E-state index < -0.39 is 0 Å².